The van der Waals surface area contributed by atoms with Crippen LogP contribution in [-0.2, 0) is 35.9 Å². The second-order valence-corrected chi connectivity index (χ2v) is 8.88. The van der Waals surface area contributed by atoms with Crippen LogP contribution in [0.4, 0.5) is 10.5 Å². The summed E-state index contributed by atoms with van der Waals surface area (Å²) in [6.45, 7) is 0. The number of fused-ring (bicyclic) bond motifs is 3. The van der Waals surface area contributed by atoms with Crippen molar-refractivity contribution in [3.63, 3.8) is 0 Å². The number of hydrogen-bond donors (Lipinski definition) is 1. The van der Waals surface area contributed by atoms with Gasteiger partial charge in [-0.1, -0.05) is 24.3 Å². The van der Waals surface area contributed by atoms with Crippen molar-refractivity contribution in [2.75, 3.05) is 5.32 Å². The van der Waals surface area contributed by atoms with Gasteiger partial charge in [-0.15, -0.1) is 0 Å². The van der Waals surface area contributed by atoms with Crippen molar-refractivity contribution in [1.29, 1.82) is 0 Å². The first-order chi connectivity index (χ1) is 13.5. The van der Waals surface area contributed by atoms with Gasteiger partial charge in [0.05, 0.1) is 5.52 Å². The number of carbonyl (C=O) groups excluding carboxylic acids is 1. The van der Waals surface area contributed by atoms with E-state index in [1.807, 2.05) is 12.1 Å². The number of urea groups is 1. The monoisotopic (exact) mass is 417 g/mol. The maximum absolute atomic E-state index is 12.7. The van der Waals surface area contributed by atoms with Crippen molar-refractivity contribution in [2.45, 2.75) is 38.5 Å². The summed E-state index contributed by atoms with van der Waals surface area (Å²) in [7, 11) is -4.16. The predicted octanol–water partition coefficient (Wildman–Crippen LogP) is 1.32. The third kappa shape index (κ3) is 3.61. The van der Waals surface area contributed by atoms with Gasteiger partial charge >= 0.3 is 29.6 Å². The molecule has 3 aromatic rings. The Bertz CT molecular complexity index is 1190. The quantitative estimate of drug-likeness (QED) is 0.653. The molecule has 0 unspecified atom stereocenters. The molecule has 0 saturated heterocycles. The zero-order valence-corrected chi connectivity index (χ0v) is 19.1. The van der Waals surface area contributed by atoms with E-state index in [0.29, 0.717) is 5.52 Å². The smallest absolute Gasteiger partial charge is 0.423 e. The molecule has 0 saturated carbocycles. The minimum Gasteiger partial charge on any atom is -0.423 e. The van der Waals surface area contributed by atoms with Crippen LogP contribution in [0.1, 0.15) is 35.1 Å². The molecule has 5 rings (SSSR count). The Morgan fingerprint density at radius 2 is 1.62 bits per heavy atom. The van der Waals surface area contributed by atoms with Gasteiger partial charge in [0.25, 0.3) is 10.2 Å². The zero-order chi connectivity index (χ0) is 19.3. The molecule has 0 atom stereocenters. The summed E-state index contributed by atoms with van der Waals surface area (Å²) >= 11 is 0. The predicted molar refractivity (Wildman–Crippen MR) is 109 cm³/mol. The number of aromatic nitrogens is 1. The first-order valence-electron chi connectivity index (χ1n) is 9.55. The van der Waals surface area contributed by atoms with Gasteiger partial charge in [-0.05, 0) is 78.6 Å². The van der Waals surface area contributed by atoms with Crippen molar-refractivity contribution in [2.24, 2.45) is 0 Å². The minimum absolute atomic E-state index is 0. The number of aryl methyl sites for hydroxylation is 2. The Morgan fingerprint density at radius 3 is 2.31 bits per heavy atom. The fourth-order valence-electron chi connectivity index (χ4n) is 4.50. The molecule has 0 spiro atoms. The van der Waals surface area contributed by atoms with Crippen molar-refractivity contribution in [1.82, 2.24) is 3.97 Å². The van der Waals surface area contributed by atoms with Gasteiger partial charge < -0.3 is 10.0 Å². The van der Waals surface area contributed by atoms with Crippen LogP contribution in [0.25, 0.3) is 15.6 Å². The molecule has 2 aliphatic carbocycles. The van der Waals surface area contributed by atoms with Crippen LogP contribution in [0.2, 0.25) is 0 Å². The second-order valence-electron chi connectivity index (χ2n) is 7.40. The van der Waals surface area contributed by atoms with E-state index < -0.39 is 16.2 Å². The Labute approximate surface area is 192 Å². The topological polar surface area (TPSA) is 82.3 Å². The number of nitrogens with one attached hydrogen (secondary N) is 1. The van der Waals surface area contributed by atoms with Gasteiger partial charge in [0.15, 0.2) is 6.03 Å². The van der Waals surface area contributed by atoms with Crippen LogP contribution in [0.5, 0.6) is 0 Å². The molecule has 1 aromatic heterocycles. The average molecular weight is 417 g/mol. The Kier molecular flexibility index (Phi) is 5.50. The number of nitrogens with zero attached hydrogens (tertiary/aromatic N) is 2. The number of para-hydroxylation sites is 1. The molecule has 1 heterocycles. The third-order valence-electron chi connectivity index (χ3n) is 5.72. The van der Waals surface area contributed by atoms with Crippen molar-refractivity contribution in [3.05, 3.63) is 69.6 Å². The van der Waals surface area contributed by atoms with Gasteiger partial charge in [-0.2, -0.15) is 0 Å². The van der Waals surface area contributed by atoms with Crippen LogP contribution in [0, 0.1) is 0 Å². The molecule has 2 amide bonds. The molecule has 2 aliphatic rings. The normalized spacial score (nSPS) is 14.9. The van der Waals surface area contributed by atoms with Gasteiger partial charge in [0.1, 0.15) is 0 Å². The Hall–Kier alpha value is -1.80. The first kappa shape index (κ1) is 20.5. The summed E-state index contributed by atoms with van der Waals surface area (Å²) in [5.74, 6) is 0. The largest absolute Gasteiger partial charge is 1.00 e. The molecule has 144 valence electrons. The summed E-state index contributed by atoms with van der Waals surface area (Å²) in [4.78, 5) is 12.6. The molecule has 0 fully saturated rings. The Balaban J connectivity index is 0.00000205. The fourth-order valence-corrected chi connectivity index (χ4v) is 5.48. The molecular formula is C21H20N3NaO3S. The number of benzene rings is 2. The van der Waals surface area contributed by atoms with Crippen LogP contribution in [-0.4, -0.2) is 18.4 Å². The maximum Gasteiger partial charge on any atom is 1.00 e. The maximum atomic E-state index is 12.7. The van der Waals surface area contributed by atoms with E-state index in [2.05, 4.69) is 16.1 Å². The van der Waals surface area contributed by atoms with Crippen LogP contribution in [0.3, 0.4) is 0 Å². The Morgan fingerprint density at radius 1 is 0.966 bits per heavy atom. The van der Waals surface area contributed by atoms with Crippen molar-refractivity contribution >= 4 is 32.8 Å². The molecule has 1 N–H and O–H groups in total. The SMILES string of the molecule is O=C([N-]S(=O)(=O)n1ccc2ccccc21)Nc1c2c(cc3c1CCC3)CCC2.[Na+]. The number of carbonyl (C=O) groups is 1. The van der Waals surface area contributed by atoms with Crippen LogP contribution in [0.15, 0.2) is 42.6 Å². The van der Waals surface area contributed by atoms with Crippen LogP contribution >= 0.6 is 0 Å². The van der Waals surface area contributed by atoms with E-state index >= 15 is 0 Å². The molecule has 8 heteroatoms. The number of hydrogen-bond acceptors (Lipinski definition) is 3. The van der Waals surface area contributed by atoms with E-state index in [-0.39, 0.29) is 29.6 Å². The van der Waals surface area contributed by atoms with Crippen molar-refractivity contribution < 1.29 is 42.8 Å². The van der Waals surface area contributed by atoms with E-state index in [1.165, 1.54) is 17.3 Å². The zero-order valence-electron chi connectivity index (χ0n) is 16.3. The number of anilines is 1. The molecule has 6 nitrogen and oxygen atoms in total. The fraction of sp³-hybridized carbons (Fsp3) is 0.286. The molecular weight excluding hydrogens is 397 g/mol. The van der Waals surface area contributed by atoms with Crippen LogP contribution < -0.4 is 34.9 Å². The first-order valence-corrected chi connectivity index (χ1v) is 10.9. The minimum atomic E-state index is -4.16. The van der Waals surface area contributed by atoms with Gasteiger partial charge in [0, 0.05) is 11.6 Å². The van der Waals surface area contributed by atoms with Gasteiger partial charge in [0.2, 0.25) is 0 Å². The molecule has 0 radical (unpaired) electrons. The molecule has 0 bridgehead atoms. The molecule has 2 aromatic carbocycles. The summed E-state index contributed by atoms with van der Waals surface area (Å²) in [6.07, 6.45) is 7.39. The summed E-state index contributed by atoms with van der Waals surface area (Å²) < 4.78 is 30.0. The van der Waals surface area contributed by atoms with Gasteiger partial charge in [-0.3, -0.25) is 4.79 Å². The molecule has 0 aliphatic heterocycles. The van der Waals surface area contributed by atoms with E-state index in [9.17, 15) is 13.2 Å². The number of amides is 2. The summed E-state index contributed by atoms with van der Waals surface area (Å²) in [6, 6.07) is 10.2. The van der Waals surface area contributed by atoms with Gasteiger partial charge in [-0.25, -0.2) is 12.4 Å². The standard InChI is InChI=1S/C21H21N3O3S.Na/c25-21(23-28(26,27)24-12-11-14-5-1-2-10-19(14)24)22-20-17-8-3-6-15(17)13-16-7-4-9-18(16)20;/h1-2,5,10-13H,3-4,6-9H2,(H2,22,23,25);/q;+1/p-1. The van der Waals surface area contributed by atoms with E-state index in [4.69, 9.17) is 0 Å². The van der Waals surface area contributed by atoms with E-state index in [0.717, 1.165) is 64.7 Å². The average Bonchev–Trinajstić information content (AvgIpc) is 3.39. The van der Waals surface area contributed by atoms with E-state index in [1.54, 1.807) is 18.2 Å². The summed E-state index contributed by atoms with van der Waals surface area (Å²) in [5, 5.41) is 3.59. The summed E-state index contributed by atoms with van der Waals surface area (Å²) in [5.41, 5.74) is 6.14. The third-order valence-corrected chi connectivity index (χ3v) is 6.93. The number of rotatable bonds is 3. The van der Waals surface area contributed by atoms with Crippen molar-refractivity contribution in [3.8, 4) is 0 Å². The molecule has 29 heavy (non-hydrogen) atoms. The second kappa shape index (κ2) is 7.80.